The maximum atomic E-state index is 12.1. The smallest absolute Gasteiger partial charge is 0.321 e. The van der Waals surface area contributed by atoms with Crippen molar-refractivity contribution in [3.8, 4) is 0 Å². The number of halogens is 1. The van der Waals surface area contributed by atoms with Crippen LogP contribution < -0.4 is 5.32 Å². The van der Waals surface area contributed by atoms with Crippen LogP contribution in [-0.2, 0) is 6.54 Å². The summed E-state index contributed by atoms with van der Waals surface area (Å²) in [6, 6.07) is 9.02. The highest BCUT2D eigenvalue weighted by Crippen LogP contribution is 2.22. The van der Waals surface area contributed by atoms with E-state index < -0.39 is 6.10 Å². The Morgan fingerprint density at radius 2 is 2.10 bits per heavy atom. The van der Waals surface area contributed by atoms with Gasteiger partial charge in [0.15, 0.2) is 0 Å². The van der Waals surface area contributed by atoms with Crippen molar-refractivity contribution >= 4 is 39.0 Å². The molecule has 1 atom stereocenters. The van der Waals surface area contributed by atoms with Crippen LogP contribution in [0, 0.1) is 0 Å². The Morgan fingerprint density at radius 3 is 2.62 bits per heavy atom. The molecule has 2 N–H and O–H groups in total. The maximum absolute atomic E-state index is 12.1. The van der Waals surface area contributed by atoms with Gasteiger partial charge in [-0.25, -0.2) is 4.79 Å². The molecule has 21 heavy (non-hydrogen) atoms. The van der Waals surface area contributed by atoms with Crippen molar-refractivity contribution in [1.29, 1.82) is 0 Å². The first-order valence-corrected chi connectivity index (χ1v) is 8.16. The van der Waals surface area contributed by atoms with Gasteiger partial charge in [-0.3, -0.25) is 0 Å². The number of anilines is 1. The van der Waals surface area contributed by atoms with E-state index in [1.54, 1.807) is 54.5 Å². The molecule has 0 bridgehead atoms. The van der Waals surface area contributed by atoms with E-state index in [9.17, 15) is 9.90 Å². The number of aliphatic hydroxyl groups is 1. The van der Waals surface area contributed by atoms with Crippen molar-refractivity contribution < 1.29 is 9.90 Å². The van der Waals surface area contributed by atoms with E-state index in [2.05, 4.69) is 21.2 Å². The molecule has 112 valence electrons. The molecule has 0 aliphatic heterocycles. The number of carbonyl (C=O) groups is 1. The molecule has 2 rings (SSSR count). The highest BCUT2D eigenvalue weighted by Gasteiger charge is 2.10. The zero-order chi connectivity index (χ0) is 15.4. The molecule has 1 heterocycles. The molecule has 2 aromatic rings. The van der Waals surface area contributed by atoms with Gasteiger partial charge in [-0.05, 0) is 57.6 Å². The van der Waals surface area contributed by atoms with Crippen LogP contribution in [0.3, 0.4) is 0 Å². The number of benzene rings is 1. The lowest BCUT2D eigenvalue weighted by atomic mass is 10.1. The van der Waals surface area contributed by atoms with Gasteiger partial charge in [-0.1, -0.05) is 12.1 Å². The molecule has 6 heteroatoms. The lowest BCUT2D eigenvalue weighted by Crippen LogP contribution is -2.30. The summed E-state index contributed by atoms with van der Waals surface area (Å²) in [5.74, 6) is 0. The molecule has 0 radical (unpaired) electrons. The third-order valence-electron chi connectivity index (χ3n) is 3.03. The van der Waals surface area contributed by atoms with Crippen molar-refractivity contribution in [2.45, 2.75) is 19.6 Å². The van der Waals surface area contributed by atoms with Gasteiger partial charge in [-0.15, -0.1) is 11.3 Å². The molecule has 0 fully saturated rings. The first-order valence-electron chi connectivity index (χ1n) is 6.49. The molecule has 4 nitrogen and oxygen atoms in total. The fourth-order valence-electron chi connectivity index (χ4n) is 1.84. The number of urea groups is 1. The molecule has 0 saturated heterocycles. The molecule has 0 aliphatic carbocycles. The van der Waals surface area contributed by atoms with E-state index >= 15 is 0 Å². The monoisotopic (exact) mass is 368 g/mol. The quantitative estimate of drug-likeness (QED) is 0.848. The molecule has 0 saturated carbocycles. The van der Waals surface area contributed by atoms with Gasteiger partial charge in [0.25, 0.3) is 0 Å². The summed E-state index contributed by atoms with van der Waals surface area (Å²) in [6.45, 7) is 2.26. The third kappa shape index (κ3) is 4.56. The number of aliphatic hydroxyl groups excluding tert-OH is 1. The van der Waals surface area contributed by atoms with Crippen molar-refractivity contribution in [1.82, 2.24) is 4.90 Å². The molecule has 0 aliphatic rings. The van der Waals surface area contributed by atoms with Gasteiger partial charge >= 0.3 is 6.03 Å². The summed E-state index contributed by atoms with van der Waals surface area (Å²) in [7, 11) is 1.76. The Hall–Kier alpha value is -1.37. The number of hydrogen-bond acceptors (Lipinski definition) is 3. The minimum atomic E-state index is -0.505. The molecular formula is C15H17BrN2O2S. The number of nitrogens with zero attached hydrogens (tertiary/aromatic N) is 1. The summed E-state index contributed by atoms with van der Waals surface area (Å²) >= 11 is 5.01. The Labute approximate surface area is 136 Å². The largest absolute Gasteiger partial charge is 0.389 e. The van der Waals surface area contributed by atoms with Crippen LogP contribution in [0.15, 0.2) is 39.5 Å². The predicted molar refractivity (Wildman–Crippen MR) is 89.6 cm³/mol. The minimum absolute atomic E-state index is 0.165. The number of nitrogens with one attached hydrogen (secondary N) is 1. The number of thiophene rings is 1. The van der Waals surface area contributed by atoms with Gasteiger partial charge in [0.05, 0.1) is 9.89 Å². The third-order valence-corrected chi connectivity index (χ3v) is 4.59. The van der Waals surface area contributed by atoms with E-state index in [0.29, 0.717) is 12.2 Å². The Morgan fingerprint density at radius 1 is 1.43 bits per heavy atom. The summed E-state index contributed by atoms with van der Waals surface area (Å²) < 4.78 is 1.06. The van der Waals surface area contributed by atoms with E-state index in [-0.39, 0.29) is 6.03 Å². The van der Waals surface area contributed by atoms with E-state index in [0.717, 1.165) is 14.9 Å². The Balaban J connectivity index is 1.93. The first-order chi connectivity index (χ1) is 9.95. The SMILES string of the molecule is CC(O)c1ccc(NC(=O)N(C)Cc2csc(Br)c2)cc1. The lowest BCUT2D eigenvalue weighted by molar-refractivity contribution is 0.199. The zero-order valence-electron chi connectivity index (χ0n) is 11.8. The fraction of sp³-hybridized carbons (Fsp3) is 0.267. The zero-order valence-corrected chi connectivity index (χ0v) is 14.2. The lowest BCUT2D eigenvalue weighted by Gasteiger charge is -2.17. The standard InChI is InChI=1S/C15H17BrN2O2S/c1-10(19)12-3-5-13(6-4-12)17-15(20)18(2)8-11-7-14(16)21-9-11/h3-7,9-10,19H,8H2,1-2H3,(H,17,20). The summed E-state index contributed by atoms with van der Waals surface area (Å²) in [5.41, 5.74) is 2.63. The number of rotatable bonds is 4. The number of hydrogen-bond donors (Lipinski definition) is 2. The van der Waals surface area contributed by atoms with Crippen LogP contribution in [0.4, 0.5) is 10.5 Å². The topological polar surface area (TPSA) is 52.6 Å². The number of amides is 2. The van der Waals surface area contributed by atoms with Gasteiger partial charge in [0.1, 0.15) is 0 Å². The summed E-state index contributed by atoms with van der Waals surface area (Å²) in [6.07, 6.45) is -0.505. The van der Waals surface area contributed by atoms with Crippen LogP contribution in [-0.4, -0.2) is 23.1 Å². The Bertz CT molecular complexity index is 610. The molecule has 1 unspecified atom stereocenters. The van der Waals surface area contributed by atoms with Gasteiger partial charge in [-0.2, -0.15) is 0 Å². The van der Waals surface area contributed by atoms with Gasteiger partial charge in [0, 0.05) is 19.3 Å². The van der Waals surface area contributed by atoms with Crippen molar-refractivity contribution in [2.75, 3.05) is 12.4 Å². The van der Waals surface area contributed by atoms with E-state index in [1.165, 1.54) is 0 Å². The van der Waals surface area contributed by atoms with Crippen molar-refractivity contribution in [2.24, 2.45) is 0 Å². The number of carbonyl (C=O) groups excluding carboxylic acids is 1. The fourth-order valence-corrected chi connectivity index (χ4v) is 3.04. The van der Waals surface area contributed by atoms with Crippen LogP contribution >= 0.6 is 27.3 Å². The molecule has 1 aromatic heterocycles. The average Bonchev–Trinajstić information content (AvgIpc) is 2.84. The second-order valence-electron chi connectivity index (χ2n) is 4.84. The average molecular weight is 369 g/mol. The van der Waals surface area contributed by atoms with Crippen molar-refractivity contribution in [3.63, 3.8) is 0 Å². The van der Waals surface area contributed by atoms with Crippen LogP contribution in [0.2, 0.25) is 0 Å². The normalized spacial score (nSPS) is 12.0. The highest BCUT2D eigenvalue weighted by molar-refractivity contribution is 9.11. The summed E-state index contributed by atoms with van der Waals surface area (Å²) in [5, 5.41) is 14.3. The van der Waals surface area contributed by atoms with Gasteiger partial charge < -0.3 is 15.3 Å². The van der Waals surface area contributed by atoms with Crippen LogP contribution in [0.25, 0.3) is 0 Å². The summed E-state index contributed by atoms with van der Waals surface area (Å²) in [4.78, 5) is 13.7. The van der Waals surface area contributed by atoms with Crippen LogP contribution in [0.5, 0.6) is 0 Å². The second kappa shape index (κ2) is 7.06. The van der Waals surface area contributed by atoms with Crippen molar-refractivity contribution in [3.05, 3.63) is 50.6 Å². The van der Waals surface area contributed by atoms with Gasteiger partial charge in [0.2, 0.25) is 0 Å². The molecule has 0 spiro atoms. The maximum Gasteiger partial charge on any atom is 0.321 e. The second-order valence-corrected chi connectivity index (χ2v) is 7.13. The highest BCUT2D eigenvalue weighted by atomic mass is 79.9. The minimum Gasteiger partial charge on any atom is -0.389 e. The molecule has 2 amide bonds. The van der Waals surface area contributed by atoms with E-state index in [1.807, 2.05) is 11.4 Å². The van der Waals surface area contributed by atoms with Crippen LogP contribution in [0.1, 0.15) is 24.2 Å². The predicted octanol–water partition coefficient (Wildman–Crippen LogP) is 4.23. The Kier molecular flexibility index (Phi) is 5.39. The molecule has 1 aromatic carbocycles. The molecular weight excluding hydrogens is 352 g/mol. The van der Waals surface area contributed by atoms with E-state index in [4.69, 9.17) is 0 Å². The first kappa shape index (κ1) is 16.0.